The lowest BCUT2D eigenvalue weighted by atomic mass is 9.97. The van der Waals surface area contributed by atoms with Gasteiger partial charge in [-0.3, -0.25) is 38.4 Å². The molecule has 38 heteroatoms. The summed E-state index contributed by atoms with van der Waals surface area (Å²) in [5.41, 5.74) is 3.89. The van der Waals surface area contributed by atoms with E-state index in [1.54, 1.807) is 78.2 Å². The number of alkyl halides is 2. The Kier molecular flexibility index (Phi) is 33.4. The molecule has 8 aromatic heterocycles. The number of piperidine rings is 1. The highest BCUT2D eigenvalue weighted by Crippen LogP contribution is 2.43. The molecule has 5 atom stereocenters. The number of carbonyl (C=O) groups is 8. The number of likely N-dealkylation sites (tertiary alicyclic amines) is 5. The second kappa shape index (κ2) is 42.4. The Hall–Kier alpha value is -10.2. The van der Waals surface area contributed by atoms with Gasteiger partial charge in [0.25, 0.3) is 53.2 Å². The number of aryl methyl sites for hydroxylation is 4. The number of carbonyl (C=O) groups excluding carboxylic acids is 8. The molecule has 133 heavy (non-hydrogen) atoms. The number of thiazole rings is 4. The zero-order valence-electron chi connectivity index (χ0n) is 81.4. The molecule has 0 spiro atoms. The molecule has 0 unspecified atom stereocenters. The van der Waals surface area contributed by atoms with Crippen molar-refractivity contribution in [1.82, 2.24) is 80.3 Å². The molecular weight excluding hydrogens is 1780 g/mol. The number of β-amino-alcohol motifs (C(OH)–C–C–N with tert-alkyl or cyclic N) is 1. The van der Waals surface area contributed by atoms with E-state index in [0.29, 0.717) is 56.2 Å². The number of amides is 8. The number of rotatable bonds is 23. The lowest BCUT2D eigenvalue weighted by Gasteiger charge is -2.43. The molecule has 0 bridgehead atoms. The number of aliphatic hydroxyl groups excluding tert-OH is 1. The molecule has 5 saturated heterocycles. The summed E-state index contributed by atoms with van der Waals surface area (Å²) in [6.07, 6.45) is 13.3. The van der Waals surface area contributed by atoms with Crippen LogP contribution in [0.15, 0.2) is 49.1 Å². The summed E-state index contributed by atoms with van der Waals surface area (Å²) >= 11 is 4.59. The number of aromatic nitrogens is 8. The Balaban J connectivity index is 0.000000184. The highest BCUT2D eigenvalue weighted by Gasteiger charge is 2.47. The number of nitrogens with one attached hydrogen (secondary N) is 7. The van der Waals surface area contributed by atoms with Gasteiger partial charge >= 0.3 is 0 Å². The molecule has 5 aliphatic rings. The van der Waals surface area contributed by atoms with E-state index in [1.807, 2.05) is 115 Å². The minimum Gasteiger partial charge on any atom is -0.394 e. The number of hydrogen-bond donors (Lipinski definition) is 11. The Morgan fingerprint density at radius 3 is 1.06 bits per heavy atom. The average Bonchev–Trinajstić information content (AvgIpc) is 1.68. The summed E-state index contributed by atoms with van der Waals surface area (Å²) in [5, 5.41) is 61.2. The maximum absolute atomic E-state index is 14.0. The summed E-state index contributed by atoms with van der Waals surface area (Å²) in [6, 6.07) is 7.27. The van der Waals surface area contributed by atoms with Crippen LogP contribution in [0.5, 0.6) is 0 Å². The summed E-state index contributed by atoms with van der Waals surface area (Å²) in [5.74, 6) is -2.79. The Morgan fingerprint density at radius 2 is 0.767 bits per heavy atom. The third kappa shape index (κ3) is 28.0. The summed E-state index contributed by atoms with van der Waals surface area (Å²) in [4.78, 5) is 151. The van der Waals surface area contributed by atoms with E-state index >= 15 is 0 Å². The molecule has 5 aliphatic heterocycles. The zero-order valence-corrected chi connectivity index (χ0v) is 84.6. The van der Waals surface area contributed by atoms with Gasteiger partial charge in [0, 0.05) is 139 Å². The van der Waals surface area contributed by atoms with Crippen LogP contribution in [0, 0.1) is 27.7 Å². The van der Waals surface area contributed by atoms with Gasteiger partial charge < -0.3 is 82.1 Å². The third-order valence-corrected chi connectivity index (χ3v) is 26.6. The predicted octanol–water partition coefficient (Wildman–Crippen LogP) is 15.0. The van der Waals surface area contributed by atoms with Crippen molar-refractivity contribution >= 4 is 116 Å². The first-order valence-corrected chi connectivity index (χ1v) is 48.6. The molecule has 0 aromatic carbocycles. The van der Waals surface area contributed by atoms with Crippen molar-refractivity contribution in [2.45, 2.75) is 300 Å². The van der Waals surface area contributed by atoms with Crippen molar-refractivity contribution in [2.24, 2.45) is 0 Å². The maximum atomic E-state index is 14.0. The molecule has 8 aromatic rings. The van der Waals surface area contributed by atoms with Gasteiger partial charge in [-0.05, 0) is 265 Å². The number of halogens is 2. The first-order valence-electron chi connectivity index (χ1n) is 45.3. The second-order valence-corrected chi connectivity index (χ2v) is 44.6. The third-order valence-electron chi connectivity index (χ3n) is 22.3. The van der Waals surface area contributed by atoms with Crippen LogP contribution in [0.1, 0.15) is 300 Å². The van der Waals surface area contributed by atoms with Gasteiger partial charge in [0.15, 0.2) is 20.0 Å². The van der Waals surface area contributed by atoms with Crippen molar-refractivity contribution in [3.63, 3.8) is 0 Å². The predicted molar refractivity (Wildman–Crippen MR) is 521 cm³/mol. The van der Waals surface area contributed by atoms with Crippen LogP contribution in [0.3, 0.4) is 0 Å². The van der Waals surface area contributed by atoms with E-state index in [-0.39, 0.29) is 134 Å². The molecule has 13 heterocycles. The molecule has 11 N–H and O–H groups in total. The molecule has 13 rings (SSSR count). The largest absolute Gasteiger partial charge is 0.394 e. The lowest BCUT2D eigenvalue weighted by molar-refractivity contribution is -0.0668. The minimum absolute atomic E-state index is 0.00232. The molecular formula is C95H134F2N20O12S4. The van der Waals surface area contributed by atoms with Crippen molar-refractivity contribution < 1.29 is 67.6 Å². The Bertz CT molecular complexity index is 5550. The normalized spacial score (nSPS) is 18.0. The van der Waals surface area contributed by atoms with Crippen molar-refractivity contribution in [3.8, 4) is 41.8 Å². The smallest absolute Gasteiger partial charge is 0.283 e. The van der Waals surface area contributed by atoms with Gasteiger partial charge in [-0.2, -0.15) is 0 Å². The summed E-state index contributed by atoms with van der Waals surface area (Å²) < 4.78 is 28.0. The molecule has 0 radical (unpaired) electrons. The summed E-state index contributed by atoms with van der Waals surface area (Å²) in [6.45, 7) is 49.5. The zero-order chi connectivity index (χ0) is 98.4. The monoisotopic (exact) mass is 1910 g/mol. The highest BCUT2D eigenvalue weighted by atomic mass is 32.1. The van der Waals surface area contributed by atoms with Crippen molar-refractivity contribution in [3.05, 3.63) is 114 Å². The van der Waals surface area contributed by atoms with Crippen molar-refractivity contribution in [1.29, 1.82) is 0 Å². The topological polar surface area (TPSA) is 421 Å². The van der Waals surface area contributed by atoms with E-state index < -0.39 is 71.4 Å². The fraction of sp³-hybridized carbons (Fsp3) is 0.579. The van der Waals surface area contributed by atoms with Crippen LogP contribution in [-0.4, -0.2) is 267 Å². The molecule has 724 valence electrons. The molecule has 8 amide bonds. The van der Waals surface area contributed by atoms with E-state index in [1.165, 1.54) is 34.0 Å². The second-order valence-electron chi connectivity index (χ2n) is 40.6. The van der Waals surface area contributed by atoms with E-state index in [2.05, 4.69) is 126 Å². The molecule has 0 aliphatic carbocycles. The van der Waals surface area contributed by atoms with Crippen LogP contribution < -0.4 is 37.2 Å². The number of aliphatic hydroxyl groups is 4. The van der Waals surface area contributed by atoms with Crippen LogP contribution >= 0.6 is 45.3 Å². The van der Waals surface area contributed by atoms with Crippen LogP contribution in [0.4, 0.5) is 32.1 Å². The molecule has 32 nitrogen and oxygen atoms in total. The van der Waals surface area contributed by atoms with Crippen LogP contribution in [0.2, 0.25) is 0 Å². The van der Waals surface area contributed by atoms with Gasteiger partial charge in [-0.25, -0.2) is 48.7 Å². The number of nitrogens with zero attached hydrogens (tertiary/aromatic N) is 13. The average molecular weight is 1910 g/mol. The number of hydrogen-bond acceptors (Lipinski definition) is 28. The lowest BCUT2D eigenvalue weighted by Crippen LogP contribution is -2.61. The summed E-state index contributed by atoms with van der Waals surface area (Å²) in [7, 11) is 0. The SMILES string of the molecule is Cc1cc(NC(C)(C)C)ncc1-c1sc(C(=O)N2CC(C)(O)C2)nc1C(=O)N1CCC[C@@H]1C.Cc1cc(NC(C)(C)C)ncc1-c1sc(C(=O)NCC(C)(C)O)nc1C(=O)N1CC(F)(F)C[C@@H]1C.Cc1cc(NC(C)(C)C)ncc1-c1sc(C(=O)N[C@H](C)CO)nc1C(=O)N1CCC[C@@H]1C.Cc1cc(NC(C)C)ncc1-c1sc(C(=O)NCC(C)(C)O)nc1C(=O)N1CCCC[C@@H]1C. The Labute approximate surface area is 795 Å². The number of anilines is 4. The van der Waals surface area contributed by atoms with Crippen LogP contribution in [0.25, 0.3) is 41.8 Å². The van der Waals surface area contributed by atoms with Crippen LogP contribution in [-0.2, 0) is 0 Å². The van der Waals surface area contributed by atoms with E-state index in [0.717, 1.165) is 118 Å². The first kappa shape index (κ1) is 105. The van der Waals surface area contributed by atoms with Gasteiger partial charge in [-0.15, -0.1) is 45.3 Å². The van der Waals surface area contributed by atoms with Gasteiger partial charge in [0.05, 0.1) is 62.6 Å². The number of pyridine rings is 4. The quantitative estimate of drug-likeness (QED) is 0.0283. The fourth-order valence-corrected chi connectivity index (χ4v) is 19.9. The minimum atomic E-state index is -2.98. The first-order chi connectivity index (χ1) is 61.8. The fourth-order valence-electron chi connectivity index (χ4n) is 15.7. The van der Waals surface area contributed by atoms with Gasteiger partial charge in [-0.1, -0.05) is 0 Å². The molecule has 5 fully saturated rings. The maximum Gasteiger partial charge on any atom is 0.283 e. The molecule has 0 saturated carbocycles. The van der Waals surface area contributed by atoms with Gasteiger partial charge in [0.2, 0.25) is 0 Å². The van der Waals surface area contributed by atoms with Gasteiger partial charge in [0.1, 0.15) is 46.0 Å². The van der Waals surface area contributed by atoms with Crippen molar-refractivity contribution in [2.75, 3.05) is 80.2 Å². The van der Waals surface area contributed by atoms with E-state index in [9.17, 15) is 67.6 Å². The highest BCUT2D eigenvalue weighted by molar-refractivity contribution is 7.18. The standard InChI is InChI=1S/C24H33F2N5O3S.C24H33N5O3S.C24H35N5O3S.C23H33N5O3S/c1-13-8-16(30-22(3,4)5)27-10-15(13)18-17(21(33)31-12-24(25,26)9-14(31)2)29-20(35-18)19(32)28-11-23(6,7)34;1-14-10-17(27-23(3,4)5)25-11-16(14)19-18(21(30)29-9-7-8-15(29)2)26-20(33-19)22(31)28-12-24(6,32)13-28;1-14(2)27-18-11-15(3)17(12-25-18)20-19(23(31)29-10-8-7-9-16(29)4)28-22(33-20)21(30)26-13-24(5,6)32;1-13-10-17(27-23(4,5)6)24-11-16(13)19-18(22(31)28-9-7-8-15(28)3)26-21(32-19)20(30)25-14(2)12-29/h8,10,14,34H,9,11-12H2,1-7H3,(H,27,30)(H,28,32);10-11,15,32H,7-9,12-13H2,1-6H3,(H,25,27);11-12,14,16,32H,7-10,13H2,1-6H3,(H,25,27)(H,26,30);10-11,14-15,29H,7-9,12H2,1-6H3,(H,24,27)(H,25,30)/t14-;15-;16-;14-,15+/m0001/s1. The van der Waals surface area contributed by atoms with E-state index in [4.69, 9.17) is 0 Å². The Morgan fingerprint density at radius 1 is 0.451 bits per heavy atom.